The van der Waals surface area contributed by atoms with Crippen molar-refractivity contribution in [2.75, 3.05) is 19.6 Å². The Bertz CT molecular complexity index is 902. The molecule has 0 aliphatic carbocycles. The molecule has 2 N–H and O–H groups in total. The summed E-state index contributed by atoms with van der Waals surface area (Å²) in [7, 11) is 0. The zero-order valence-corrected chi connectivity index (χ0v) is 18.0. The first-order chi connectivity index (χ1) is 15.3. The molecule has 162 valence electrons. The van der Waals surface area contributed by atoms with Crippen LogP contribution in [0.5, 0.6) is 0 Å². The number of aryl methyl sites for hydroxylation is 1. The Morgan fingerprint density at radius 2 is 1.71 bits per heavy atom. The highest BCUT2D eigenvalue weighted by Gasteiger charge is 1.98. The number of aromatic nitrogens is 2. The first-order valence-corrected chi connectivity index (χ1v) is 11.1. The lowest BCUT2D eigenvalue weighted by atomic mass is 10.1. The second-order valence-corrected chi connectivity index (χ2v) is 7.56. The third-order valence-electron chi connectivity index (χ3n) is 5.07. The van der Waals surface area contributed by atoms with E-state index < -0.39 is 0 Å². The number of hydrogen-bond acceptors (Lipinski definition) is 3. The molecule has 5 heteroatoms. The quantitative estimate of drug-likeness (QED) is 0.406. The molecule has 3 aromatic rings. The standard InChI is InChI=1S/C26H32N4O/c31-26(12-6-10-24-13-15-25(16-14-24)30-21-20-28-22-30)29-19-5-4-17-27-18-7-11-23-8-2-1-3-9-23/h1-3,6,8-10,13-16,20-22,27H,4-5,7,11-12,17-19H2,(H,29,31)/b10-6+. The van der Waals surface area contributed by atoms with Crippen LogP contribution in [-0.2, 0) is 11.2 Å². The molecule has 0 fully saturated rings. The minimum Gasteiger partial charge on any atom is -0.356 e. The van der Waals surface area contributed by atoms with E-state index >= 15 is 0 Å². The van der Waals surface area contributed by atoms with Gasteiger partial charge in [-0.3, -0.25) is 4.79 Å². The fourth-order valence-corrected chi connectivity index (χ4v) is 3.33. The highest BCUT2D eigenvalue weighted by molar-refractivity contribution is 5.78. The minimum atomic E-state index is 0.0714. The van der Waals surface area contributed by atoms with Crippen molar-refractivity contribution in [2.45, 2.75) is 32.1 Å². The van der Waals surface area contributed by atoms with Gasteiger partial charge in [-0.05, 0) is 62.0 Å². The largest absolute Gasteiger partial charge is 0.356 e. The molecule has 0 aliphatic rings. The average Bonchev–Trinajstić information content (AvgIpc) is 3.34. The van der Waals surface area contributed by atoms with Gasteiger partial charge in [-0.2, -0.15) is 0 Å². The van der Waals surface area contributed by atoms with E-state index in [2.05, 4.69) is 45.9 Å². The van der Waals surface area contributed by atoms with Crippen LogP contribution in [0.25, 0.3) is 11.8 Å². The Balaban J connectivity index is 1.19. The minimum absolute atomic E-state index is 0.0714. The Labute approximate surface area is 185 Å². The number of amides is 1. The molecule has 0 atom stereocenters. The maximum Gasteiger partial charge on any atom is 0.223 e. The molecule has 31 heavy (non-hydrogen) atoms. The molecule has 0 aliphatic heterocycles. The normalized spacial score (nSPS) is 11.1. The molecule has 1 heterocycles. The second-order valence-electron chi connectivity index (χ2n) is 7.56. The van der Waals surface area contributed by atoms with Crippen LogP contribution < -0.4 is 10.6 Å². The lowest BCUT2D eigenvalue weighted by molar-refractivity contribution is -0.120. The van der Waals surface area contributed by atoms with E-state index in [-0.39, 0.29) is 5.91 Å². The molecule has 0 saturated heterocycles. The molecule has 2 aromatic carbocycles. The highest BCUT2D eigenvalue weighted by atomic mass is 16.1. The summed E-state index contributed by atoms with van der Waals surface area (Å²) in [5.41, 5.74) is 3.54. The highest BCUT2D eigenvalue weighted by Crippen LogP contribution is 2.10. The molecule has 0 bridgehead atoms. The van der Waals surface area contributed by atoms with Gasteiger partial charge in [-0.25, -0.2) is 4.98 Å². The van der Waals surface area contributed by atoms with E-state index in [0.717, 1.165) is 56.6 Å². The number of nitrogens with one attached hydrogen (secondary N) is 2. The maximum atomic E-state index is 12.0. The molecule has 1 amide bonds. The summed E-state index contributed by atoms with van der Waals surface area (Å²) in [6.07, 6.45) is 14.1. The van der Waals surface area contributed by atoms with Crippen LogP contribution >= 0.6 is 0 Å². The van der Waals surface area contributed by atoms with E-state index in [1.54, 1.807) is 12.5 Å². The SMILES string of the molecule is O=C(C/C=C/c1ccc(-n2ccnc2)cc1)NCCCCNCCCc1ccccc1. The van der Waals surface area contributed by atoms with Gasteiger partial charge in [0.05, 0.1) is 6.33 Å². The van der Waals surface area contributed by atoms with Crippen LogP contribution in [0.4, 0.5) is 0 Å². The number of carbonyl (C=O) groups is 1. The van der Waals surface area contributed by atoms with E-state index in [9.17, 15) is 4.79 Å². The van der Waals surface area contributed by atoms with Crippen LogP contribution in [0.3, 0.4) is 0 Å². The first kappa shape index (κ1) is 22.5. The van der Waals surface area contributed by atoms with Gasteiger partial charge in [-0.1, -0.05) is 54.6 Å². The van der Waals surface area contributed by atoms with Crippen LogP contribution in [0.15, 0.2) is 79.4 Å². The fourth-order valence-electron chi connectivity index (χ4n) is 3.33. The summed E-state index contributed by atoms with van der Waals surface area (Å²) in [4.78, 5) is 16.0. The lowest BCUT2D eigenvalue weighted by Crippen LogP contribution is -2.24. The number of unbranched alkanes of at least 4 members (excludes halogenated alkanes) is 1. The zero-order valence-electron chi connectivity index (χ0n) is 18.0. The van der Waals surface area contributed by atoms with E-state index in [1.165, 1.54) is 5.56 Å². The number of benzene rings is 2. The maximum absolute atomic E-state index is 12.0. The molecule has 5 nitrogen and oxygen atoms in total. The number of nitrogens with zero attached hydrogens (tertiary/aromatic N) is 2. The van der Waals surface area contributed by atoms with Gasteiger partial charge in [0, 0.05) is 31.0 Å². The Morgan fingerprint density at radius 1 is 0.935 bits per heavy atom. The number of rotatable bonds is 13. The van der Waals surface area contributed by atoms with Crippen molar-refractivity contribution in [3.05, 3.63) is 90.5 Å². The molecule has 1 aromatic heterocycles. The summed E-state index contributed by atoms with van der Waals surface area (Å²) in [6, 6.07) is 18.7. The Kier molecular flexibility index (Phi) is 9.57. The molecular formula is C26H32N4O. The monoisotopic (exact) mass is 416 g/mol. The summed E-state index contributed by atoms with van der Waals surface area (Å²) in [5.74, 6) is 0.0714. The molecule has 0 unspecified atom stereocenters. The number of imidazole rings is 1. The topological polar surface area (TPSA) is 59.0 Å². The predicted molar refractivity (Wildman–Crippen MR) is 127 cm³/mol. The zero-order chi connectivity index (χ0) is 21.6. The van der Waals surface area contributed by atoms with Crippen molar-refractivity contribution in [1.29, 1.82) is 0 Å². The third kappa shape index (κ3) is 8.60. The van der Waals surface area contributed by atoms with E-state index in [0.29, 0.717) is 6.42 Å². The van der Waals surface area contributed by atoms with Crippen LogP contribution in [0.1, 0.15) is 36.8 Å². The van der Waals surface area contributed by atoms with Gasteiger partial charge in [0.1, 0.15) is 0 Å². The summed E-state index contributed by atoms with van der Waals surface area (Å²) in [6.45, 7) is 2.77. The predicted octanol–water partition coefficient (Wildman–Crippen LogP) is 4.39. The Morgan fingerprint density at radius 3 is 2.48 bits per heavy atom. The van der Waals surface area contributed by atoms with Crippen molar-refractivity contribution < 1.29 is 4.79 Å². The van der Waals surface area contributed by atoms with Crippen molar-refractivity contribution in [3.63, 3.8) is 0 Å². The first-order valence-electron chi connectivity index (χ1n) is 11.1. The van der Waals surface area contributed by atoms with Crippen LogP contribution in [-0.4, -0.2) is 35.1 Å². The summed E-state index contributed by atoms with van der Waals surface area (Å²) < 4.78 is 1.96. The van der Waals surface area contributed by atoms with Crippen molar-refractivity contribution in [1.82, 2.24) is 20.2 Å². The lowest BCUT2D eigenvalue weighted by Gasteiger charge is -2.06. The van der Waals surface area contributed by atoms with Gasteiger partial charge in [0.2, 0.25) is 5.91 Å². The molecule has 0 saturated carbocycles. The van der Waals surface area contributed by atoms with Gasteiger partial charge in [0.15, 0.2) is 0 Å². The molecular weight excluding hydrogens is 384 g/mol. The fraction of sp³-hybridized carbons (Fsp3) is 0.308. The van der Waals surface area contributed by atoms with Crippen molar-refractivity contribution in [2.24, 2.45) is 0 Å². The Hall–Kier alpha value is -3.18. The second kappa shape index (κ2) is 13.2. The van der Waals surface area contributed by atoms with Crippen molar-refractivity contribution >= 4 is 12.0 Å². The third-order valence-corrected chi connectivity index (χ3v) is 5.07. The van der Waals surface area contributed by atoms with Gasteiger partial charge in [-0.15, -0.1) is 0 Å². The molecule has 0 radical (unpaired) electrons. The average molecular weight is 417 g/mol. The van der Waals surface area contributed by atoms with E-state index in [1.807, 2.05) is 47.2 Å². The van der Waals surface area contributed by atoms with Crippen molar-refractivity contribution in [3.8, 4) is 5.69 Å². The van der Waals surface area contributed by atoms with Crippen LogP contribution in [0.2, 0.25) is 0 Å². The van der Waals surface area contributed by atoms with E-state index in [4.69, 9.17) is 0 Å². The number of hydrogen-bond donors (Lipinski definition) is 2. The summed E-state index contributed by atoms with van der Waals surface area (Å²) >= 11 is 0. The van der Waals surface area contributed by atoms with Gasteiger partial charge in [0.25, 0.3) is 0 Å². The smallest absolute Gasteiger partial charge is 0.223 e. The number of carbonyl (C=O) groups excluding carboxylic acids is 1. The molecule has 3 rings (SSSR count). The molecule has 0 spiro atoms. The van der Waals surface area contributed by atoms with Crippen LogP contribution in [0, 0.1) is 0 Å². The van der Waals surface area contributed by atoms with Gasteiger partial charge < -0.3 is 15.2 Å². The van der Waals surface area contributed by atoms with Gasteiger partial charge >= 0.3 is 0 Å². The summed E-state index contributed by atoms with van der Waals surface area (Å²) in [5, 5.41) is 6.47.